The number of aromatic hydroxyl groups is 2. The van der Waals surface area contributed by atoms with Crippen LogP contribution in [0.15, 0.2) is 114 Å². The fourth-order valence-corrected chi connectivity index (χ4v) is 11.5. The Balaban J connectivity index is 1.49. The third-order valence-electron chi connectivity index (χ3n) is 16.9. The number of carbonyl (C=O) groups is 11. The maximum atomic E-state index is 15.2. The third kappa shape index (κ3) is 24.5. The molecule has 2 saturated heterocycles. The number of nitrogens with zero attached hydrogens (tertiary/aromatic N) is 2. The zero-order chi connectivity index (χ0) is 71.3. The molecule has 0 spiro atoms. The molecule has 2 fully saturated rings. The van der Waals surface area contributed by atoms with Gasteiger partial charge in [-0.2, -0.15) is 0 Å². The zero-order valence-corrected chi connectivity index (χ0v) is 56.2. The van der Waals surface area contributed by atoms with Crippen LogP contribution in [-0.2, 0) is 78.4 Å². The normalized spacial score (nSPS) is 23.1. The number of hydrogen-bond acceptors (Lipinski definition) is 15. The molecule has 2 aliphatic rings. The Labute approximate surface area is 571 Å². The van der Waals surface area contributed by atoms with Crippen LogP contribution in [0, 0.1) is 5.92 Å². The molecule has 98 heavy (non-hydrogen) atoms. The first kappa shape index (κ1) is 76.9. The number of nitrogens with one attached hydrogen (secondary N) is 10. The first-order valence-electron chi connectivity index (χ1n) is 33.7. The summed E-state index contributed by atoms with van der Waals surface area (Å²) in [6, 6.07) is 14.6. The Morgan fingerprint density at radius 2 is 0.898 bits per heavy atom. The number of nitrogens with two attached hydrogens (primary N) is 3. The van der Waals surface area contributed by atoms with Crippen molar-refractivity contribution in [2.24, 2.45) is 28.1 Å². The molecule has 6 rings (SSSR count). The lowest BCUT2D eigenvalue weighted by Gasteiger charge is -2.31. The number of benzene rings is 4. The van der Waals surface area contributed by atoms with Crippen LogP contribution in [0.25, 0.3) is 0 Å². The molecule has 18 N–H and O–H groups in total. The molecule has 28 nitrogen and oxygen atoms in total. The van der Waals surface area contributed by atoms with Crippen molar-refractivity contribution in [2.45, 2.75) is 184 Å². The number of phenols is 2. The van der Waals surface area contributed by atoms with Gasteiger partial charge >= 0.3 is 0 Å². The van der Waals surface area contributed by atoms with Gasteiger partial charge in [0.1, 0.15) is 71.9 Å². The molecule has 0 radical (unpaired) electrons. The fourth-order valence-electron chi connectivity index (χ4n) is 11.5. The minimum atomic E-state index is -1.77. The van der Waals surface area contributed by atoms with E-state index in [1.165, 1.54) is 53.4 Å². The summed E-state index contributed by atoms with van der Waals surface area (Å²) in [5.74, 6) is -10.3. The van der Waals surface area contributed by atoms with Gasteiger partial charge in [-0.1, -0.05) is 125 Å². The maximum absolute atomic E-state index is 15.2. The molecule has 2 aliphatic heterocycles. The van der Waals surface area contributed by atoms with Crippen LogP contribution in [0.3, 0.4) is 0 Å². The summed E-state index contributed by atoms with van der Waals surface area (Å²) in [6.07, 6.45) is 0.800. The van der Waals surface area contributed by atoms with Crippen molar-refractivity contribution in [1.82, 2.24) is 58.1 Å². The Morgan fingerprint density at radius 3 is 1.37 bits per heavy atom. The molecule has 0 saturated carbocycles. The van der Waals surface area contributed by atoms with E-state index >= 15 is 19.2 Å². The number of carbonyl (C=O) groups excluding carboxylic acids is 11. The van der Waals surface area contributed by atoms with Crippen LogP contribution >= 0.6 is 0 Å². The van der Waals surface area contributed by atoms with E-state index in [1.807, 2.05) is 6.92 Å². The summed E-state index contributed by atoms with van der Waals surface area (Å²) in [5, 5.41) is 48.0. The highest BCUT2D eigenvalue weighted by atomic mass is 16.3. The largest absolute Gasteiger partial charge is 0.508 e. The summed E-state index contributed by atoms with van der Waals surface area (Å²) in [6.45, 7) is 7.30. The van der Waals surface area contributed by atoms with Gasteiger partial charge in [-0.15, -0.1) is 0 Å². The van der Waals surface area contributed by atoms with Crippen molar-refractivity contribution in [1.29, 1.82) is 0 Å². The van der Waals surface area contributed by atoms with Crippen LogP contribution in [0.4, 0.5) is 0 Å². The van der Waals surface area contributed by atoms with Crippen molar-refractivity contribution < 1.29 is 63.0 Å². The molecule has 0 aliphatic carbocycles. The minimum absolute atomic E-state index is 0.0146. The molecule has 2 heterocycles. The van der Waals surface area contributed by atoms with Crippen LogP contribution in [0.5, 0.6) is 11.5 Å². The van der Waals surface area contributed by atoms with E-state index in [9.17, 15) is 43.8 Å². The topological polar surface area (TPSA) is 442 Å². The summed E-state index contributed by atoms with van der Waals surface area (Å²) < 4.78 is 0. The van der Waals surface area contributed by atoms with Gasteiger partial charge < -0.3 is 85.5 Å². The Kier molecular flexibility index (Phi) is 30.7. The van der Waals surface area contributed by atoms with Gasteiger partial charge in [-0.25, -0.2) is 0 Å². The van der Waals surface area contributed by atoms with E-state index in [1.54, 1.807) is 81.4 Å². The first-order chi connectivity index (χ1) is 47.0. The predicted molar refractivity (Wildman–Crippen MR) is 367 cm³/mol. The quantitative estimate of drug-likeness (QED) is 0.0270. The highest BCUT2D eigenvalue weighted by molar-refractivity contribution is 6.01. The van der Waals surface area contributed by atoms with Gasteiger partial charge in [0.2, 0.25) is 65.0 Å². The number of amides is 11. The Hall–Kier alpha value is -10.1. The van der Waals surface area contributed by atoms with Gasteiger partial charge in [0.05, 0.1) is 6.42 Å². The second-order valence-electron chi connectivity index (χ2n) is 25.1. The maximum Gasteiger partial charge on any atom is 0.246 e. The van der Waals surface area contributed by atoms with E-state index in [-0.39, 0.29) is 108 Å². The smallest absolute Gasteiger partial charge is 0.246 e. The number of aliphatic imine (C=N–C) groups is 1. The number of hydrogen-bond donors (Lipinski definition) is 15. The molecule has 0 unspecified atom stereocenters. The van der Waals surface area contributed by atoms with E-state index in [4.69, 9.17) is 17.2 Å². The van der Waals surface area contributed by atoms with Crippen LogP contribution in [-0.4, -0.2) is 173 Å². The van der Waals surface area contributed by atoms with Crippen molar-refractivity contribution in [3.63, 3.8) is 0 Å². The lowest BCUT2D eigenvalue weighted by atomic mass is 9.99. The molecular weight excluding hydrogens is 1260 g/mol. The van der Waals surface area contributed by atoms with Crippen molar-refractivity contribution in [3.8, 4) is 11.5 Å². The van der Waals surface area contributed by atoms with E-state index in [0.717, 1.165) is 0 Å². The second-order valence-corrected chi connectivity index (χ2v) is 25.1. The molecule has 530 valence electrons. The van der Waals surface area contributed by atoms with E-state index in [2.05, 4.69) is 58.2 Å². The Morgan fingerprint density at radius 1 is 0.500 bits per heavy atom. The highest BCUT2D eigenvalue weighted by Crippen LogP contribution is 2.22. The van der Waals surface area contributed by atoms with E-state index < -0.39 is 138 Å². The zero-order valence-electron chi connectivity index (χ0n) is 56.2. The average molecular weight is 1360 g/mol. The molecule has 11 amide bonds. The summed E-state index contributed by atoms with van der Waals surface area (Å²) in [4.78, 5) is 168. The van der Waals surface area contributed by atoms with Crippen molar-refractivity contribution >= 4 is 70.9 Å². The SMILES string of the molecule is CCCC[C@@H]1NC(=O)[C@H](CCCN)NC(=O)[C@H](C(C)C)NC(=O)[C@H](Cc2ccc(O)cc2)NC(=O)[C@H](Cc2ccc(O)cc2)NC(=O)[C@H](CC(=O)NCCC)NC(=O)[C@@H](CCCN=C(N)N)NC(=O)[C@@H](Cc2ccccc2)NC(=O)[C@@H]2CCCN2C(=O)[C@@H](Cc2ccccc2)NC1=O. The molecule has 28 heteroatoms. The summed E-state index contributed by atoms with van der Waals surface area (Å²) in [5.41, 5.74) is 19.3. The number of unbranched alkanes of at least 4 members (excludes halogenated alkanes) is 1. The van der Waals surface area contributed by atoms with Crippen LogP contribution in [0.1, 0.15) is 121 Å². The van der Waals surface area contributed by atoms with Gasteiger partial charge in [0.15, 0.2) is 5.96 Å². The molecular formula is C70H97N15O13. The highest BCUT2D eigenvalue weighted by Gasteiger charge is 2.42. The van der Waals surface area contributed by atoms with Crippen LogP contribution < -0.4 is 70.4 Å². The lowest BCUT2D eigenvalue weighted by molar-refractivity contribution is -0.142. The fraction of sp³-hybridized carbons (Fsp3) is 0.486. The number of fused-ring (bicyclic) bond motifs is 1. The van der Waals surface area contributed by atoms with E-state index in [0.29, 0.717) is 47.9 Å². The molecule has 10 atom stereocenters. The average Bonchev–Trinajstić information content (AvgIpc) is 1.57. The van der Waals surface area contributed by atoms with Crippen molar-refractivity contribution in [3.05, 3.63) is 131 Å². The number of rotatable bonds is 23. The monoisotopic (exact) mass is 1360 g/mol. The van der Waals surface area contributed by atoms with Crippen molar-refractivity contribution in [2.75, 3.05) is 26.2 Å². The van der Waals surface area contributed by atoms with Crippen LogP contribution in [0.2, 0.25) is 0 Å². The van der Waals surface area contributed by atoms with Gasteiger partial charge in [-0.3, -0.25) is 57.7 Å². The number of guanidine groups is 1. The third-order valence-corrected chi connectivity index (χ3v) is 16.9. The van der Waals surface area contributed by atoms with Gasteiger partial charge in [0, 0.05) is 45.3 Å². The molecule has 4 aromatic carbocycles. The summed E-state index contributed by atoms with van der Waals surface area (Å²) >= 11 is 0. The minimum Gasteiger partial charge on any atom is -0.508 e. The molecule has 0 bridgehead atoms. The standard InChI is InChI=1S/C70H97N15O13/c1-5-7-21-49-62(91)83-56(40-44-19-12-9-13-20-44)69(98)85-36-16-24-57(85)67(96)82-53(37-43-17-10-8-11-18-43)63(92)77-51(23-15-35-75-70(72)73)61(90)81-55(41-58(88)74-34-6-2)65(94)79-52(38-45-25-29-47(86)30-26-45)64(93)80-54(39-46-27-31-48(87)32-28-46)66(95)84-59(42(3)4)68(97)78-50(22-14-33-71)60(89)76-49/h8-13,17-20,25-32,42,49-57,59,86-87H,5-7,14-16,21-24,33-41,71H2,1-4H3,(H,74,88)(H,76,89)(H,77,92)(H,78,97)(H,79,94)(H,80,93)(H,81,90)(H,82,96)(H,83,91)(H,84,95)(H4,72,73,75)/t49-,50-,51+,52-,53+,54-,55-,56+,57-,59-/m0/s1. The number of phenolic OH excluding ortho intramolecular Hbond substituents is 2. The first-order valence-corrected chi connectivity index (χ1v) is 33.7. The lowest BCUT2D eigenvalue weighted by Crippen LogP contribution is -2.62. The second kappa shape index (κ2) is 39.2. The van der Waals surface area contributed by atoms with Gasteiger partial charge in [0.25, 0.3) is 0 Å². The Bertz CT molecular complexity index is 3360. The van der Waals surface area contributed by atoms with Gasteiger partial charge in [-0.05, 0) is 110 Å². The predicted octanol–water partition coefficient (Wildman–Crippen LogP) is 0.291. The molecule has 4 aromatic rings. The summed E-state index contributed by atoms with van der Waals surface area (Å²) in [7, 11) is 0. The molecule has 0 aromatic heterocycles.